The van der Waals surface area contributed by atoms with Crippen molar-refractivity contribution in [1.29, 1.82) is 0 Å². The number of nitrogens with one attached hydrogen (secondary N) is 1. The number of aryl methyl sites for hydroxylation is 1. The summed E-state index contributed by atoms with van der Waals surface area (Å²) in [5.41, 5.74) is 3.43. The molecule has 0 atom stereocenters. The summed E-state index contributed by atoms with van der Waals surface area (Å²) in [4.78, 5) is 0. The van der Waals surface area contributed by atoms with E-state index in [1.165, 1.54) is 11.8 Å². The van der Waals surface area contributed by atoms with Gasteiger partial charge in [0.25, 0.3) is 5.95 Å². The first-order valence-electron chi connectivity index (χ1n) is 6.11. The van der Waals surface area contributed by atoms with Gasteiger partial charge in [0.2, 0.25) is 0 Å². The first-order valence-corrected chi connectivity index (χ1v) is 6.91. The van der Waals surface area contributed by atoms with Crippen molar-refractivity contribution in [3.63, 3.8) is 0 Å². The lowest BCUT2D eigenvalue weighted by molar-refractivity contribution is 0.372. The molecule has 1 aromatic carbocycles. The second-order valence-corrected chi connectivity index (χ2v) is 4.94. The molecule has 128 valence electrons. The van der Waals surface area contributed by atoms with E-state index in [1.54, 1.807) is 18.3 Å². The van der Waals surface area contributed by atoms with Crippen LogP contribution in [0.5, 0.6) is 11.5 Å². The van der Waals surface area contributed by atoms with E-state index in [-0.39, 0.29) is 30.6 Å². The maximum absolute atomic E-state index is 9.72. The summed E-state index contributed by atoms with van der Waals surface area (Å²) in [5.74, 6) is 7.16. The minimum atomic E-state index is 0. The SMILES string of the molecule is CCc1nnc(NN=Cc2cc(Br)c(O)c(OC)c2)n1N.Cl.Cl. The number of nitrogen functional groups attached to an aromatic ring is 1. The smallest absolute Gasteiger partial charge is 0.263 e. The second kappa shape index (κ2) is 9.43. The fourth-order valence-corrected chi connectivity index (χ4v) is 2.09. The lowest BCUT2D eigenvalue weighted by atomic mass is 10.2. The maximum Gasteiger partial charge on any atom is 0.263 e. The molecule has 0 unspecified atom stereocenters. The number of hydrazone groups is 1. The molecule has 4 N–H and O–H groups in total. The highest BCUT2D eigenvalue weighted by Gasteiger charge is 2.08. The Balaban J connectivity index is 0.00000242. The summed E-state index contributed by atoms with van der Waals surface area (Å²) in [5, 5.41) is 21.5. The Morgan fingerprint density at radius 2 is 2.13 bits per heavy atom. The number of aromatic nitrogens is 3. The number of rotatable bonds is 5. The molecule has 0 radical (unpaired) electrons. The molecular formula is C12H17BrCl2N6O2. The fraction of sp³-hybridized carbons (Fsp3) is 0.250. The van der Waals surface area contributed by atoms with Gasteiger partial charge in [-0.2, -0.15) is 5.10 Å². The van der Waals surface area contributed by atoms with Crippen LogP contribution in [-0.2, 0) is 6.42 Å². The van der Waals surface area contributed by atoms with Crippen molar-refractivity contribution in [2.24, 2.45) is 5.10 Å². The van der Waals surface area contributed by atoms with Crippen LogP contribution in [0.2, 0.25) is 0 Å². The van der Waals surface area contributed by atoms with Gasteiger partial charge in [-0.15, -0.1) is 35.0 Å². The van der Waals surface area contributed by atoms with Crippen LogP contribution in [0.1, 0.15) is 18.3 Å². The van der Waals surface area contributed by atoms with E-state index in [0.29, 0.717) is 28.4 Å². The molecular weight excluding hydrogens is 411 g/mol. The van der Waals surface area contributed by atoms with Crippen LogP contribution >= 0.6 is 40.7 Å². The van der Waals surface area contributed by atoms with Gasteiger partial charge in [-0.1, -0.05) is 6.92 Å². The summed E-state index contributed by atoms with van der Waals surface area (Å²) in [6.45, 7) is 1.93. The lowest BCUT2D eigenvalue weighted by Gasteiger charge is -2.06. The number of halogens is 3. The zero-order chi connectivity index (χ0) is 15.4. The number of phenols is 1. The lowest BCUT2D eigenvalue weighted by Crippen LogP contribution is -2.14. The third-order valence-corrected chi connectivity index (χ3v) is 3.34. The monoisotopic (exact) mass is 426 g/mol. The molecule has 2 rings (SSSR count). The van der Waals surface area contributed by atoms with E-state index in [2.05, 4.69) is 36.7 Å². The van der Waals surface area contributed by atoms with Crippen LogP contribution in [0.25, 0.3) is 0 Å². The minimum Gasteiger partial charge on any atom is -0.503 e. The molecule has 11 heteroatoms. The standard InChI is InChI=1S/C12H15BrN6O2.2ClH/c1-3-10-16-18-12(19(10)14)17-15-6-7-4-8(13)11(20)9(5-7)21-2;;/h4-6,20H,3,14H2,1-2H3,(H,17,18);2*1H. The summed E-state index contributed by atoms with van der Waals surface area (Å²) in [7, 11) is 1.48. The molecule has 1 heterocycles. The van der Waals surface area contributed by atoms with Crippen LogP contribution in [-0.4, -0.2) is 33.3 Å². The summed E-state index contributed by atoms with van der Waals surface area (Å²) >= 11 is 3.24. The molecule has 2 aromatic rings. The fourth-order valence-electron chi connectivity index (χ4n) is 1.63. The number of anilines is 1. The predicted molar refractivity (Wildman–Crippen MR) is 97.6 cm³/mol. The Hall–Kier alpha value is -1.71. The van der Waals surface area contributed by atoms with Gasteiger partial charge in [0.15, 0.2) is 17.3 Å². The molecule has 0 spiro atoms. The highest BCUT2D eigenvalue weighted by molar-refractivity contribution is 9.10. The Bertz CT molecular complexity index is 680. The number of hydrogen-bond donors (Lipinski definition) is 3. The number of nitrogens with two attached hydrogens (primary N) is 1. The van der Waals surface area contributed by atoms with Crippen molar-refractivity contribution in [3.05, 3.63) is 28.0 Å². The first-order chi connectivity index (χ1) is 10.1. The third kappa shape index (κ3) is 4.88. The minimum absolute atomic E-state index is 0. The Morgan fingerprint density at radius 1 is 1.43 bits per heavy atom. The van der Waals surface area contributed by atoms with Crippen molar-refractivity contribution in [2.75, 3.05) is 18.4 Å². The van der Waals surface area contributed by atoms with Crippen molar-refractivity contribution in [2.45, 2.75) is 13.3 Å². The Labute approximate surface area is 154 Å². The van der Waals surface area contributed by atoms with Crippen molar-refractivity contribution < 1.29 is 9.84 Å². The first kappa shape index (κ1) is 21.3. The molecule has 0 aliphatic carbocycles. The van der Waals surface area contributed by atoms with Crippen LogP contribution in [0, 0.1) is 0 Å². The molecule has 0 saturated carbocycles. The van der Waals surface area contributed by atoms with E-state index in [4.69, 9.17) is 10.6 Å². The van der Waals surface area contributed by atoms with Gasteiger partial charge in [0.05, 0.1) is 17.8 Å². The number of aromatic hydroxyl groups is 1. The van der Waals surface area contributed by atoms with Gasteiger partial charge in [-0.25, -0.2) is 10.1 Å². The molecule has 0 amide bonds. The average Bonchev–Trinajstić information content (AvgIpc) is 2.83. The molecule has 0 bridgehead atoms. The van der Waals surface area contributed by atoms with E-state index < -0.39 is 0 Å². The number of phenolic OH excluding ortho intramolecular Hbond substituents is 1. The molecule has 1 aromatic heterocycles. The normalized spacial score (nSPS) is 10.0. The Morgan fingerprint density at radius 3 is 2.70 bits per heavy atom. The number of methoxy groups -OCH3 is 1. The maximum atomic E-state index is 9.72. The van der Waals surface area contributed by atoms with Gasteiger partial charge >= 0.3 is 0 Å². The average molecular weight is 428 g/mol. The zero-order valence-corrected chi connectivity index (χ0v) is 15.6. The van der Waals surface area contributed by atoms with Crippen LogP contribution in [0.3, 0.4) is 0 Å². The summed E-state index contributed by atoms with van der Waals surface area (Å²) in [6, 6.07) is 3.35. The van der Waals surface area contributed by atoms with Gasteiger partial charge in [-0.3, -0.25) is 0 Å². The van der Waals surface area contributed by atoms with Gasteiger partial charge < -0.3 is 15.7 Å². The Kier molecular flexibility index (Phi) is 8.73. The second-order valence-electron chi connectivity index (χ2n) is 4.09. The zero-order valence-electron chi connectivity index (χ0n) is 12.4. The van der Waals surface area contributed by atoms with E-state index >= 15 is 0 Å². The number of ether oxygens (including phenoxy) is 1. The highest BCUT2D eigenvalue weighted by atomic mass is 79.9. The van der Waals surface area contributed by atoms with Crippen LogP contribution in [0.4, 0.5) is 5.95 Å². The quantitative estimate of drug-likeness (QED) is 0.383. The van der Waals surface area contributed by atoms with Crippen molar-refractivity contribution in [1.82, 2.24) is 14.9 Å². The molecule has 0 saturated heterocycles. The van der Waals surface area contributed by atoms with Gasteiger partial charge in [-0.05, 0) is 33.6 Å². The molecule has 0 aliphatic heterocycles. The molecule has 0 fully saturated rings. The highest BCUT2D eigenvalue weighted by Crippen LogP contribution is 2.34. The number of nitrogens with zero attached hydrogens (tertiary/aromatic N) is 4. The number of benzene rings is 1. The van der Waals surface area contributed by atoms with Gasteiger partial charge in [0.1, 0.15) is 0 Å². The largest absolute Gasteiger partial charge is 0.503 e. The topological polar surface area (TPSA) is 111 Å². The third-order valence-electron chi connectivity index (χ3n) is 2.73. The summed E-state index contributed by atoms with van der Waals surface area (Å²) in [6.07, 6.45) is 2.23. The predicted octanol–water partition coefficient (Wildman–Crippen LogP) is 2.32. The molecule has 0 aliphatic rings. The van der Waals surface area contributed by atoms with Gasteiger partial charge in [0, 0.05) is 6.42 Å². The molecule has 23 heavy (non-hydrogen) atoms. The van der Waals surface area contributed by atoms with Crippen LogP contribution in [0.15, 0.2) is 21.7 Å². The number of hydrogen-bond acceptors (Lipinski definition) is 7. The van der Waals surface area contributed by atoms with E-state index in [9.17, 15) is 5.11 Å². The van der Waals surface area contributed by atoms with E-state index in [0.717, 1.165) is 5.56 Å². The van der Waals surface area contributed by atoms with Crippen LogP contribution < -0.4 is 16.0 Å². The van der Waals surface area contributed by atoms with Crippen molar-refractivity contribution in [3.8, 4) is 11.5 Å². The summed E-state index contributed by atoms with van der Waals surface area (Å²) < 4.78 is 6.91. The van der Waals surface area contributed by atoms with E-state index in [1.807, 2.05) is 6.92 Å². The molecule has 8 nitrogen and oxygen atoms in total. The van der Waals surface area contributed by atoms with Crippen molar-refractivity contribution >= 4 is 52.9 Å².